The highest BCUT2D eigenvalue weighted by Gasteiger charge is 2.33. The second-order valence-corrected chi connectivity index (χ2v) is 4.76. The highest BCUT2D eigenvalue weighted by Crippen LogP contribution is 2.19. The summed E-state index contributed by atoms with van der Waals surface area (Å²) < 4.78 is 5.16. The van der Waals surface area contributed by atoms with Crippen molar-refractivity contribution in [3.05, 3.63) is 0 Å². The SMILES string of the molecule is O=C1CC(C(=O)NCC2(O)CCOCC2)CN1. The van der Waals surface area contributed by atoms with E-state index in [1.54, 1.807) is 0 Å². The molecule has 2 saturated heterocycles. The second-order valence-electron chi connectivity index (χ2n) is 4.76. The van der Waals surface area contributed by atoms with Crippen LogP contribution in [0, 0.1) is 5.92 Å². The molecule has 0 radical (unpaired) electrons. The van der Waals surface area contributed by atoms with E-state index in [0.29, 0.717) is 32.6 Å². The molecule has 3 N–H and O–H groups in total. The Morgan fingerprint density at radius 2 is 2.24 bits per heavy atom. The number of ether oxygens (including phenoxy) is 1. The first-order chi connectivity index (χ1) is 8.09. The molecule has 0 aromatic rings. The van der Waals surface area contributed by atoms with Crippen molar-refractivity contribution in [1.82, 2.24) is 10.6 Å². The largest absolute Gasteiger partial charge is 0.388 e. The first kappa shape index (κ1) is 12.3. The zero-order valence-electron chi connectivity index (χ0n) is 9.70. The van der Waals surface area contributed by atoms with Crippen LogP contribution in [0.3, 0.4) is 0 Å². The topological polar surface area (TPSA) is 87.7 Å². The lowest BCUT2D eigenvalue weighted by Crippen LogP contribution is -2.48. The molecular weight excluding hydrogens is 224 g/mol. The van der Waals surface area contributed by atoms with Gasteiger partial charge in [0.15, 0.2) is 0 Å². The molecule has 2 heterocycles. The van der Waals surface area contributed by atoms with Gasteiger partial charge in [-0.2, -0.15) is 0 Å². The van der Waals surface area contributed by atoms with Gasteiger partial charge in [0, 0.05) is 45.6 Å². The zero-order valence-corrected chi connectivity index (χ0v) is 9.70. The number of amides is 2. The van der Waals surface area contributed by atoms with Crippen LogP contribution in [-0.2, 0) is 14.3 Å². The summed E-state index contributed by atoms with van der Waals surface area (Å²) in [6.07, 6.45) is 1.32. The summed E-state index contributed by atoms with van der Waals surface area (Å²) in [5.41, 5.74) is -0.857. The molecule has 6 heteroatoms. The van der Waals surface area contributed by atoms with Crippen LogP contribution in [-0.4, -0.2) is 48.8 Å². The van der Waals surface area contributed by atoms with Crippen molar-refractivity contribution in [3.63, 3.8) is 0 Å². The summed E-state index contributed by atoms with van der Waals surface area (Å²) in [7, 11) is 0. The molecule has 2 aliphatic rings. The maximum atomic E-state index is 11.7. The van der Waals surface area contributed by atoms with Crippen molar-refractivity contribution < 1.29 is 19.4 Å². The van der Waals surface area contributed by atoms with Crippen molar-refractivity contribution in [3.8, 4) is 0 Å². The van der Waals surface area contributed by atoms with Crippen LogP contribution in [0.25, 0.3) is 0 Å². The molecular formula is C11H18N2O4. The van der Waals surface area contributed by atoms with Crippen LogP contribution < -0.4 is 10.6 Å². The monoisotopic (exact) mass is 242 g/mol. The number of hydrogen-bond acceptors (Lipinski definition) is 4. The number of aliphatic hydroxyl groups is 1. The Morgan fingerprint density at radius 1 is 1.53 bits per heavy atom. The third-order valence-corrected chi connectivity index (χ3v) is 3.36. The van der Waals surface area contributed by atoms with Gasteiger partial charge in [0.05, 0.1) is 11.5 Å². The molecule has 0 aromatic carbocycles. The minimum absolute atomic E-state index is 0.0880. The van der Waals surface area contributed by atoms with E-state index < -0.39 is 5.60 Å². The van der Waals surface area contributed by atoms with Crippen molar-refractivity contribution in [1.29, 1.82) is 0 Å². The third-order valence-electron chi connectivity index (χ3n) is 3.36. The number of carbonyl (C=O) groups is 2. The Morgan fingerprint density at radius 3 is 2.82 bits per heavy atom. The zero-order chi connectivity index (χ0) is 12.3. The lowest BCUT2D eigenvalue weighted by atomic mass is 9.94. The molecule has 1 atom stereocenters. The number of carbonyl (C=O) groups excluding carboxylic acids is 2. The van der Waals surface area contributed by atoms with Gasteiger partial charge in [-0.1, -0.05) is 0 Å². The van der Waals surface area contributed by atoms with Gasteiger partial charge in [-0.05, 0) is 0 Å². The lowest BCUT2D eigenvalue weighted by molar-refractivity contribution is -0.128. The molecule has 0 spiro atoms. The Kier molecular flexibility index (Phi) is 3.63. The highest BCUT2D eigenvalue weighted by atomic mass is 16.5. The van der Waals surface area contributed by atoms with Gasteiger partial charge in [0.2, 0.25) is 11.8 Å². The molecule has 0 bridgehead atoms. The van der Waals surface area contributed by atoms with Crippen molar-refractivity contribution in [2.45, 2.75) is 24.9 Å². The van der Waals surface area contributed by atoms with E-state index in [-0.39, 0.29) is 30.7 Å². The summed E-state index contributed by atoms with van der Waals surface area (Å²) in [6.45, 7) is 1.68. The van der Waals surface area contributed by atoms with Crippen molar-refractivity contribution >= 4 is 11.8 Å². The molecule has 0 saturated carbocycles. The summed E-state index contributed by atoms with van der Waals surface area (Å²) in [4.78, 5) is 22.7. The predicted molar refractivity (Wildman–Crippen MR) is 59.1 cm³/mol. The minimum atomic E-state index is -0.857. The maximum absolute atomic E-state index is 11.7. The summed E-state index contributed by atoms with van der Waals surface area (Å²) >= 11 is 0. The van der Waals surface area contributed by atoms with Crippen molar-refractivity contribution in [2.24, 2.45) is 5.92 Å². The molecule has 6 nitrogen and oxygen atoms in total. The van der Waals surface area contributed by atoms with Gasteiger partial charge in [-0.25, -0.2) is 0 Å². The summed E-state index contributed by atoms with van der Waals surface area (Å²) in [5, 5.41) is 15.5. The average Bonchev–Trinajstić information content (AvgIpc) is 2.74. The standard InChI is InChI=1S/C11H18N2O4/c14-9-5-8(6-12-9)10(15)13-7-11(16)1-3-17-4-2-11/h8,16H,1-7H2,(H,12,14)(H,13,15). The van der Waals surface area contributed by atoms with E-state index in [1.165, 1.54) is 0 Å². The van der Waals surface area contributed by atoms with Gasteiger partial charge in [-0.3, -0.25) is 9.59 Å². The Labute approximate surface area is 99.7 Å². The van der Waals surface area contributed by atoms with Crippen LogP contribution in [0.4, 0.5) is 0 Å². The number of hydrogen-bond donors (Lipinski definition) is 3. The van der Waals surface area contributed by atoms with Crippen LogP contribution in [0.15, 0.2) is 0 Å². The highest BCUT2D eigenvalue weighted by molar-refractivity contribution is 5.89. The Bertz CT molecular complexity index is 313. The lowest BCUT2D eigenvalue weighted by Gasteiger charge is -2.32. The van der Waals surface area contributed by atoms with E-state index in [9.17, 15) is 14.7 Å². The Balaban J connectivity index is 1.77. The maximum Gasteiger partial charge on any atom is 0.225 e. The van der Waals surface area contributed by atoms with E-state index in [2.05, 4.69) is 10.6 Å². The molecule has 17 heavy (non-hydrogen) atoms. The van der Waals surface area contributed by atoms with Gasteiger partial charge in [0.1, 0.15) is 0 Å². The van der Waals surface area contributed by atoms with Crippen molar-refractivity contribution in [2.75, 3.05) is 26.3 Å². The smallest absolute Gasteiger partial charge is 0.225 e. The molecule has 96 valence electrons. The van der Waals surface area contributed by atoms with E-state index in [4.69, 9.17) is 4.74 Å². The Hall–Kier alpha value is -1.14. The molecule has 2 fully saturated rings. The van der Waals surface area contributed by atoms with Gasteiger partial charge < -0.3 is 20.5 Å². The number of nitrogens with one attached hydrogen (secondary N) is 2. The van der Waals surface area contributed by atoms with E-state index in [0.717, 1.165) is 0 Å². The molecule has 1 unspecified atom stereocenters. The van der Waals surface area contributed by atoms with Gasteiger partial charge in [-0.15, -0.1) is 0 Å². The van der Waals surface area contributed by atoms with E-state index in [1.807, 2.05) is 0 Å². The van der Waals surface area contributed by atoms with Gasteiger partial charge in [0.25, 0.3) is 0 Å². The molecule has 2 rings (SSSR count). The fraction of sp³-hybridized carbons (Fsp3) is 0.818. The first-order valence-electron chi connectivity index (χ1n) is 5.94. The number of rotatable bonds is 3. The second kappa shape index (κ2) is 5.01. The van der Waals surface area contributed by atoms with Gasteiger partial charge >= 0.3 is 0 Å². The summed E-state index contributed by atoms with van der Waals surface area (Å²) in [5.74, 6) is -0.552. The third kappa shape index (κ3) is 3.17. The van der Waals surface area contributed by atoms with Crippen LogP contribution in [0.1, 0.15) is 19.3 Å². The predicted octanol–water partition coefficient (Wildman–Crippen LogP) is -1.22. The molecule has 0 aliphatic carbocycles. The van der Waals surface area contributed by atoms with Crippen LogP contribution >= 0.6 is 0 Å². The average molecular weight is 242 g/mol. The van der Waals surface area contributed by atoms with E-state index >= 15 is 0 Å². The molecule has 2 aliphatic heterocycles. The molecule has 0 aromatic heterocycles. The van der Waals surface area contributed by atoms with Crippen LogP contribution in [0.5, 0.6) is 0 Å². The fourth-order valence-corrected chi connectivity index (χ4v) is 2.11. The summed E-state index contributed by atoms with van der Waals surface area (Å²) in [6, 6.07) is 0. The normalized spacial score (nSPS) is 27.6. The first-order valence-corrected chi connectivity index (χ1v) is 5.94. The fourth-order valence-electron chi connectivity index (χ4n) is 2.11. The van der Waals surface area contributed by atoms with Crippen LogP contribution in [0.2, 0.25) is 0 Å². The minimum Gasteiger partial charge on any atom is -0.388 e. The quantitative estimate of drug-likeness (QED) is 0.579. The molecule has 2 amide bonds.